The molecule has 2 amide bonds. The second-order valence-electron chi connectivity index (χ2n) is 27.2. The van der Waals surface area contributed by atoms with Crippen molar-refractivity contribution in [3.05, 3.63) is 308 Å². The van der Waals surface area contributed by atoms with Crippen molar-refractivity contribution in [1.82, 2.24) is 83.6 Å². The Bertz CT molecular complexity index is 7050. The van der Waals surface area contributed by atoms with E-state index in [1.807, 2.05) is 152 Å². The van der Waals surface area contributed by atoms with Crippen molar-refractivity contribution in [2.24, 2.45) is 5.73 Å². The Kier molecular flexibility index (Phi) is 23.5. The molecule has 0 saturated heterocycles. The third-order valence-corrected chi connectivity index (χ3v) is 19.8. The molecule has 31 heteroatoms. The highest BCUT2D eigenvalue weighted by atomic mass is 19.1. The van der Waals surface area contributed by atoms with Crippen LogP contribution in [0.15, 0.2) is 262 Å². The lowest BCUT2D eigenvalue weighted by Gasteiger charge is -2.10. The minimum absolute atomic E-state index is 0.129. The second-order valence-corrected chi connectivity index (χ2v) is 27.2. The number of anilines is 1. The first-order valence-electron chi connectivity index (χ1n) is 38.2. The monoisotopic (exact) mass is 1630 g/mol. The van der Waals surface area contributed by atoms with Crippen LogP contribution in [0, 0.1) is 11.6 Å². The van der Waals surface area contributed by atoms with Crippen LogP contribution < -0.4 is 54.3 Å². The number of primary amides is 1. The standard InChI is InChI=1S/C24H18FN5O3.C24H21N5O2.C23H17FN4O2.C20H19N5O3/c1-32-16-4-6-18-20(11-16)27-9-8-21(18)33-13-23-29-28-22-7-3-15(12-30(22)23)14-2-5-17(24(26)31)19(25)10-14;1-25-18-6-3-16(4-7-18)17-5-10-23-27-28-24(29(23)14-17)15-31-22-11-12-26-21-13-19(30-2)8-9-20(21)22;1-29-17-7-8-18-20(12-17)25-10-9-21(18)30-14-22-26-27-23-19(24)11-16(13-28(22)23)15-5-3-2-4-6-15;1-3-21-20(26)13-4-7-18-23-24-19(25(18)11-13)12-28-17-8-9-22-16-10-14(27-2)5-6-15(16)17/h2-12H,13H2,1H3,(H2,26,31);3-14,25H,15H2,1-2H3;2-13H,14H2,1H3;4-11H,3,12H2,1-2H3,(H,21,26). The van der Waals surface area contributed by atoms with Crippen molar-refractivity contribution >= 4 is 83.7 Å². The summed E-state index contributed by atoms with van der Waals surface area (Å²) in [6, 6.07) is 64.5. The molecule has 608 valence electrons. The summed E-state index contributed by atoms with van der Waals surface area (Å²) in [5, 5.41) is 42.8. The molecule has 0 unspecified atom stereocenters. The van der Waals surface area contributed by atoms with Gasteiger partial charge in [-0.05, 0) is 174 Å². The molecule has 0 spiro atoms. The Morgan fingerprint density at radius 3 is 1.17 bits per heavy atom. The number of aromatic nitrogens is 16. The highest BCUT2D eigenvalue weighted by Gasteiger charge is 2.20. The lowest BCUT2D eigenvalue weighted by molar-refractivity contribution is 0.0953. The van der Waals surface area contributed by atoms with E-state index in [2.05, 4.69) is 95.6 Å². The van der Waals surface area contributed by atoms with Gasteiger partial charge in [0.25, 0.3) is 11.8 Å². The summed E-state index contributed by atoms with van der Waals surface area (Å²) in [5.41, 5.74) is 17.1. The quantitative estimate of drug-likeness (QED) is 0.0535. The van der Waals surface area contributed by atoms with Crippen LogP contribution in [0.4, 0.5) is 14.5 Å². The maximum atomic E-state index is 14.6. The average Bonchev–Trinajstić information content (AvgIpc) is 1.61. The normalized spacial score (nSPS) is 11.0. The van der Waals surface area contributed by atoms with Crippen LogP contribution in [-0.2, 0) is 26.4 Å². The zero-order chi connectivity index (χ0) is 84.2. The minimum atomic E-state index is -0.810. The molecule has 0 aliphatic rings. The molecule has 19 aromatic rings. The molecule has 122 heavy (non-hydrogen) atoms. The molecule has 0 bridgehead atoms. The van der Waals surface area contributed by atoms with E-state index in [-0.39, 0.29) is 43.5 Å². The van der Waals surface area contributed by atoms with Gasteiger partial charge in [0.1, 0.15) is 78.2 Å². The van der Waals surface area contributed by atoms with Crippen LogP contribution in [0.5, 0.6) is 46.0 Å². The van der Waals surface area contributed by atoms with Gasteiger partial charge in [0, 0.05) is 120 Å². The first kappa shape index (κ1) is 79.5. The highest BCUT2D eigenvalue weighted by Crippen LogP contribution is 2.34. The predicted molar refractivity (Wildman–Crippen MR) is 455 cm³/mol. The Labute approximate surface area is 693 Å². The third kappa shape index (κ3) is 17.4. The van der Waals surface area contributed by atoms with Crippen molar-refractivity contribution in [2.45, 2.75) is 33.4 Å². The Morgan fingerprint density at radius 2 is 0.754 bits per heavy atom. The van der Waals surface area contributed by atoms with Crippen LogP contribution >= 0.6 is 0 Å². The van der Waals surface area contributed by atoms with E-state index in [9.17, 15) is 18.4 Å². The van der Waals surface area contributed by atoms with Gasteiger partial charge in [0.15, 0.2) is 51.7 Å². The summed E-state index contributed by atoms with van der Waals surface area (Å²) >= 11 is 0. The molecule has 0 aliphatic heterocycles. The molecule has 12 aromatic heterocycles. The molecule has 29 nitrogen and oxygen atoms in total. The smallest absolute Gasteiger partial charge is 0.252 e. The molecule has 0 fully saturated rings. The fourth-order valence-electron chi connectivity index (χ4n) is 13.4. The number of nitrogens with one attached hydrogen (secondary N) is 2. The number of halogens is 2. The number of hydrogen-bond acceptors (Lipinski definition) is 23. The number of rotatable bonds is 23. The van der Waals surface area contributed by atoms with E-state index in [0.717, 1.165) is 112 Å². The van der Waals surface area contributed by atoms with Gasteiger partial charge in [-0.1, -0.05) is 48.5 Å². The predicted octanol–water partition coefficient (Wildman–Crippen LogP) is 15.6. The van der Waals surface area contributed by atoms with Crippen molar-refractivity contribution in [2.75, 3.05) is 47.3 Å². The summed E-state index contributed by atoms with van der Waals surface area (Å²) in [7, 11) is 8.38. The molecule has 19 rings (SSSR count). The molecule has 0 radical (unpaired) electrons. The average molecular weight is 1630 g/mol. The highest BCUT2D eigenvalue weighted by molar-refractivity contribution is 5.95. The van der Waals surface area contributed by atoms with Crippen LogP contribution in [0.1, 0.15) is 50.9 Å². The van der Waals surface area contributed by atoms with Gasteiger partial charge in [-0.25, -0.2) is 8.78 Å². The molecule has 12 heterocycles. The fourth-order valence-corrected chi connectivity index (χ4v) is 13.4. The molecule has 0 saturated carbocycles. The van der Waals surface area contributed by atoms with Crippen LogP contribution in [0.3, 0.4) is 0 Å². The summed E-state index contributed by atoms with van der Waals surface area (Å²) in [6.45, 7) is 3.21. The van der Waals surface area contributed by atoms with Crippen LogP contribution in [0.2, 0.25) is 0 Å². The molecule has 0 aliphatic carbocycles. The third-order valence-electron chi connectivity index (χ3n) is 19.8. The number of nitrogens with two attached hydrogens (primary N) is 1. The van der Waals surface area contributed by atoms with Crippen molar-refractivity contribution in [1.29, 1.82) is 0 Å². The first-order valence-corrected chi connectivity index (χ1v) is 38.2. The number of ether oxygens (including phenoxy) is 8. The number of pyridine rings is 8. The van der Waals surface area contributed by atoms with Gasteiger partial charge in [-0.15, -0.1) is 40.8 Å². The van der Waals surface area contributed by atoms with E-state index in [4.69, 9.17) is 43.6 Å². The molecule has 0 atom stereocenters. The van der Waals surface area contributed by atoms with Crippen molar-refractivity contribution in [3.8, 4) is 79.4 Å². The van der Waals surface area contributed by atoms with E-state index < -0.39 is 17.5 Å². The number of carbonyl (C=O) groups excluding carboxylic acids is 2. The topological polar surface area (TPSA) is 330 Å². The van der Waals surface area contributed by atoms with E-state index in [1.54, 1.807) is 127 Å². The second kappa shape index (κ2) is 36.0. The Hall–Kier alpha value is -16.3. The minimum Gasteiger partial charge on any atom is -0.497 e. The number of nitrogens with zero attached hydrogens (tertiary/aromatic N) is 16. The van der Waals surface area contributed by atoms with Crippen LogP contribution in [-0.4, -0.2) is 132 Å². The Balaban J connectivity index is 0.000000121. The summed E-state index contributed by atoms with van der Waals surface area (Å²) in [6.07, 6.45) is 14.1. The van der Waals surface area contributed by atoms with Gasteiger partial charge >= 0.3 is 0 Å². The fraction of sp³-hybridized carbons (Fsp3) is 0.121. The van der Waals surface area contributed by atoms with Gasteiger partial charge < -0.3 is 54.3 Å². The number of amides is 2. The lowest BCUT2D eigenvalue weighted by atomic mass is 10.0. The van der Waals surface area contributed by atoms with Crippen LogP contribution in [0.25, 0.3) is 99.6 Å². The van der Waals surface area contributed by atoms with Gasteiger partial charge in [-0.3, -0.25) is 47.1 Å². The van der Waals surface area contributed by atoms with E-state index in [0.29, 0.717) is 69.4 Å². The maximum absolute atomic E-state index is 14.6. The van der Waals surface area contributed by atoms with Gasteiger partial charge in [0.05, 0.1) is 61.6 Å². The number of fused-ring (bicyclic) bond motifs is 8. The zero-order valence-electron chi connectivity index (χ0n) is 66.4. The van der Waals surface area contributed by atoms with Crippen molar-refractivity contribution < 1.29 is 56.3 Å². The van der Waals surface area contributed by atoms with Gasteiger partial charge in [0.2, 0.25) is 0 Å². The number of benzene rings is 7. The molecular formula is C91H75F2N19O10. The molecule has 4 N–H and O–H groups in total. The number of hydrogen-bond donors (Lipinski definition) is 3. The lowest BCUT2D eigenvalue weighted by Crippen LogP contribution is -2.23. The largest absolute Gasteiger partial charge is 0.497 e. The zero-order valence-corrected chi connectivity index (χ0v) is 66.4. The van der Waals surface area contributed by atoms with Gasteiger partial charge in [-0.2, -0.15) is 0 Å². The first-order chi connectivity index (χ1) is 59.7. The summed E-state index contributed by atoms with van der Waals surface area (Å²) < 4.78 is 81.1. The summed E-state index contributed by atoms with van der Waals surface area (Å²) in [4.78, 5) is 40.9. The SMILES string of the molecule is CCNC(=O)c1ccc2nnc(COc3ccnc4cc(OC)ccc34)n2c1.CNc1ccc(-c2ccc3nnc(COc4ccnc5cc(OC)ccc45)n3c2)cc1.COc1ccc2c(OCc3nnc4c(F)cc(-c5ccccc5)cn34)ccnc2c1.COc1ccc2c(OCc3nnc4ccc(-c5ccc(C(N)=O)c(F)c5)cn34)ccnc2c1. The van der Waals surface area contributed by atoms with E-state index in [1.165, 1.54) is 18.2 Å². The number of carbonyl (C=O) groups is 2. The molecule has 7 aromatic carbocycles. The van der Waals surface area contributed by atoms with Crippen molar-refractivity contribution in [3.63, 3.8) is 0 Å². The summed E-state index contributed by atoms with van der Waals surface area (Å²) in [5.74, 6) is 5.99. The Morgan fingerprint density at radius 1 is 0.377 bits per heavy atom. The maximum Gasteiger partial charge on any atom is 0.252 e. The number of methoxy groups -OCH3 is 4. The van der Waals surface area contributed by atoms with E-state index >= 15 is 0 Å². The molecular weight excluding hydrogens is 1560 g/mol.